The van der Waals surface area contributed by atoms with E-state index in [2.05, 4.69) is 10.3 Å². The molecule has 0 aliphatic heterocycles. The van der Waals surface area contributed by atoms with Crippen molar-refractivity contribution in [3.63, 3.8) is 0 Å². The van der Waals surface area contributed by atoms with Crippen LogP contribution in [0, 0.1) is 0 Å². The molecule has 17 heavy (non-hydrogen) atoms. The van der Waals surface area contributed by atoms with Crippen molar-refractivity contribution >= 4 is 23.2 Å². The van der Waals surface area contributed by atoms with Gasteiger partial charge in [-0.3, -0.25) is 9.78 Å². The zero-order valence-electron chi connectivity index (χ0n) is 9.06. The third-order valence-electron chi connectivity index (χ3n) is 2.26. The summed E-state index contributed by atoms with van der Waals surface area (Å²) in [5.74, 6) is -0.0932. The molecule has 1 aromatic carbocycles. The summed E-state index contributed by atoms with van der Waals surface area (Å²) in [6, 6.07) is 10.8. The van der Waals surface area contributed by atoms with E-state index < -0.39 is 0 Å². The molecule has 0 unspecified atom stereocenters. The van der Waals surface area contributed by atoms with E-state index in [4.69, 9.17) is 11.6 Å². The van der Waals surface area contributed by atoms with Crippen LogP contribution in [0.2, 0.25) is 5.02 Å². The number of anilines is 1. The number of aromatic nitrogens is 1. The normalized spacial score (nSPS) is 9.94. The summed E-state index contributed by atoms with van der Waals surface area (Å²) < 4.78 is 0. The van der Waals surface area contributed by atoms with E-state index in [0.29, 0.717) is 17.1 Å². The maximum Gasteiger partial charge on any atom is 0.228 e. The number of pyridine rings is 1. The van der Waals surface area contributed by atoms with Crippen LogP contribution < -0.4 is 5.32 Å². The molecule has 0 spiro atoms. The average molecular weight is 247 g/mol. The first-order chi connectivity index (χ1) is 8.25. The number of nitrogens with one attached hydrogen (secondary N) is 1. The lowest BCUT2D eigenvalue weighted by Gasteiger charge is -2.06. The number of para-hydroxylation sites is 1. The number of amides is 1. The number of hydrogen-bond donors (Lipinski definition) is 1. The van der Waals surface area contributed by atoms with Crippen LogP contribution in [0.5, 0.6) is 0 Å². The predicted molar refractivity (Wildman–Crippen MR) is 68.0 cm³/mol. The van der Waals surface area contributed by atoms with Gasteiger partial charge in [-0.2, -0.15) is 0 Å². The van der Waals surface area contributed by atoms with Crippen LogP contribution >= 0.6 is 11.6 Å². The number of hydrogen-bond acceptors (Lipinski definition) is 2. The van der Waals surface area contributed by atoms with Crippen molar-refractivity contribution < 1.29 is 4.79 Å². The molecule has 0 atom stereocenters. The molecule has 0 radical (unpaired) electrons. The smallest absolute Gasteiger partial charge is 0.228 e. The number of halogens is 1. The minimum atomic E-state index is -0.0932. The molecule has 2 aromatic rings. The van der Waals surface area contributed by atoms with E-state index in [0.717, 1.165) is 5.56 Å². The van der Waals surface area contributed by atoms with E-state index >= 15 is 0 Å². The molecular weight excluding hydrogens is 236 g/mol. The molecule has 0 saturated heterocycles. The fraction of sp³-hybridized carbons (Fsp3) is 0.0769. The molecule has 1 amide bonds. The summed E-state index contributed by atoms with van der Waals surface area (Å²) in [4.78, 5) is 15.6. The lowest BCUT2D eigenvalue weighted by Crippen LogP contribution is -2.14. The molecule has 0 aliphatic carbocycles. The third-order valence-corrected chi connectivity index (χ3v) is 2.59. The van der Waals surface area contributed by atoms with Gasteiger partial charge in [-0.1, -0.05) is 23.7 Å². The zero-order chi connectivity index (χ0) is 12.1. The second-order valence-corrected chi connectivity index (χ2v) is 3.97. The van der Waals surface area contributed by atoms with Crippen molar-refractivity contribution in [3.05, 3.63) is 59.4 Å². The van der Waals surface area contributed by atoms with Crippen molar-refractivity contribution in [1.29, 1.82) is 0 Å². The van der Waals surface area contributed by atoms with E-state index in [1.807, 2.05) is 24.3 Å². The first-order valence-corrected chi connectivity index (χ1v) is 5.57. The first-order valence-electron chi connectivity index (χ1n) is 5.19. The van der Waals surface area contributed by atoms with Gasteiger partial charge in [0.05, 0.1) is 17.1 Å². The molecule has 86 valence electrons. The second kappa shape index (κ2) is 5.46. The summed E-state index contributed by atoms with van der Waals surface area (Å²) >= 11 is 5.95. The summed E-state index contributed by atoms with van der Waals surface area (Å²) in [5.41, 5.74) is 1.55. The summed E-state index contributed by atoms with van der Waals surface area (Å²) in [5, 5.41) is 3.30. The number of carbonyl (C=O) groups excluding carboxylic acids is 1. The predicted octanol–water partition coefficient (Wildman–Crippen LogP) is 2.92. The van der Waals surface area contributed by atoms with E-state index in [1.165, 1.54) is 0 Å². The molecule has 0 bridgehead atoms. The first kappa shape index (κ1) is 11.6. The van der Waals surface area contributed by atoms with E-state index in [1.54, 1.807) is 24.5 Å². The fourth-order valence-corrected chi connectivity index (χ4v) is 1.63. The van der Waals surface area contributed by atoms with Crippen molar-refractivity contribution in [2.75, 3.05) is 5.32 Å². The average Bonchev–Trinajstić information content (AvgIpc) is 2.33. The molecule has 2 rings (SSSR count). The highest BCUT2D eigenvalue weighted by atomic mass is 35.5. The van der Waals surface area contributed by atoms with Gasteiger partial charge in [0.25, 0.3) is 0 Å². The molecule has 0 saturated carbocycles. The Morgan fingerprint density at radius 2 is 1.88 bits per heavy atom. The van der Waals surface area contributed by atoms with Gasteiger partial charge >= 0.3 is 0 Å². The summed E-state index contributed by atoms with van der Waals surface area (Å²) in [6.07, 6.45) is 3.64. The lowest BCUT2D eigenvalue weighted by molar-refractivity contribution is -0.115. The topological polar surface area (TPSA) is 42.0 Å². The zero-order valence-corrected chi connectivity index (χ0v) is 9.82. The minimum Gasteiger partial charge on any atom is -0.324 e. The van der Waals surface area contributed by atoms with E-state index in [9.17, 15) is 4.79 Å². The Bertz CT molecular complexity index is 514. The van der Waals surface area contributed by atoms with Crippen LogP contribution in [0.25, 0.3) is 0 Å². The highest BCUT2D eigenvalue weighted by molar-refractivity contribution is 6.33. The van der Waals surface area contributed by atoms with Crippen molar-refractivity contribution in [2.24, 2.45) is 0 Å². The van der Waals surface area contributed by atoms with Crippen molar-refractivity contribution in [3.8, 4) is 0 Å². The van der Waals surface area contributed by atoms with Gasteiger partial charge in [0.2, 0.25) is 5.91 Å². The molecule has 0 aliphatic rings. The van der Waals surface area contributed by atoms with E-state index in [-0.39, 0.29) is 5.91 Å². The number of rotatable bonds is 3. The van der Waals surface area contributed by atoms with Gasteiger partial charge in [0.1, 0.15) is 0 Å². The van der Waals surface area contributed by atoms with Gasteiger partial charge in [0, 0.05) is 12.4 Å². The quantitative estimate of drug-likeness (QED) is 0.905. The molecule has 3 nitrogen and oxygen atoms in total. The van der Waals surface area contributed by atoms with Crippen LogP contribution in [0.4, 0.5) is 5.69 Å². The van der Waals surface area contributed by atoms with Gasteiger partial charge in [-0.05, 0) is 29.8 Å². The van der Waals surface area contributed by atoms with Gasteiger partial charge in [-0.15, -0.1) is 0 Å². The second-order valence-electron chi connectivity index (χ2n) is 3.56. The number of benzene rings is 1. The fourth-order valence-electron chi connectivity index (χ4n) is 1.44. The Labute approximate surface area is 104 Å². The number of nitrogens with zero attached hydrogens (tertiary/aromatic N) is 1. The molecule has 0 fully saturated rings. The monoisotopic (exact) mass is 246 g/mol. The summed E-state index contributed by atoms with van der Waals surface area (Å²) in [6.45, 7) is 0. The van der Waals surface area contributed by atoms with Crippen LogP contribution in [0.3, 0.4) is 0 Å². The maximum atomic E-state index is 11.7. The Hall–Kier alpha value is -1.87. The maximum absolute atomic E-state index is 11.7. The standard InChI is InChI=1S/C13H11ClN2O/c14-11-3-1-2-4-12(11)16-13(17)9-10-5-7-15-8-6-10/h1-8H,9H2,(H,16,17). The Morgan fingerprint density at radius 1 is 1.18 bits per heavy atom. The third kappa shape index (κ3) is 3.29. The van der Waals surface area contributed by atoms with Gasteiger partial charge < -0.3 is 5.32 Å². The van der Waals surface area contributed by atoms with Gasteiger partial charge in [-0.25, -0.2) is 0 Å². The van der Waals surface area contributed by atoms with Crippen molar-refractivity contribution in [1.82, 2.24) is 4.98 Å². The molecule has 1 N–H and O–H groups in total. The SMILES string of the molecule is O=C(Cc1ccncc1)Nc1ccccc1Cl. The largest absolute Gasteiger partial charge is 0.324 e. The molecule has 4 heteroatoms. The summed E-state index contributed by atoms with van der Waals surface area (Å²) in [7, 11) is 0. The Balaban J connectivity index is 2.01. The van der Waals surface area contributed by atoms with Gasteiger partial charge in [0.15, 0.2) is 0 Å². The van der Waals surface area contributed by atoms with Crippen molar-refractivity contribution in [2.45, 2.75) is 6.42 Å². The highest BCUT2D eigenvalue weighted by Crippen LogP contribution is 2.20. The molecule has 1 heterocycles. The highest BCUT2D eigenvalue weighted by Gasteiger charge is 2.05. The Kier molecular flexibility index (Phi) is 3.73. The molecule has 1 aromatic heterocycles. The van der Waals surface area contributed by atoms with Crippen LogP contribution in [0.1, 0.15) is 5.56 Å². The number of carbonyl (C=O) groups is 1. The van der Waals surface area contributed by atoms with Crippen LogP contribution in [-0.4, -0.2) is 10.9 Å². The molecular formula is C13H11ClN2O. The lowest BCUT2D eigenvalue weighted by atomic mass is 10.2. The van der Waals surface area contributed by atoms with Crippen LogP contribution in [0.15, 0.2) is 48.8 Å². The minimum absolute atomic E-state index is 0.0932. The van der Waals surface area contributed by atoms with Crippen LogP contribution in [-0.2, 0) is 11.2 Å². The Morgan fingerprint density at radius 3 is 2.59 bits per heavy atom.